The maximum Gasteiger partial charge on any atom is 0.336 e. The van der Waals surface area contributed by atoms with Gasteiger partial charge in [0.25, 0.3) is 0 Å². The maximum absolute atomic E-state index is 11.4. The number of aromatic nitrogens is 4. The van der Waals surface area contributed by atoms with Crippen LogP contribution >= 0.6 is 0 Å². The predicted molar refractivity (Wildman–Crippen MR) is 108 cm³/mol. The minimum absolute atomic E-state index is 0.277. The maximum atomic E-state index is 11.4. The quantitative estimate of drug-likeness (QED) is 0.597. The number of aryl methyl sites for hydroxylation is 2. The molecule has 1 N–H and O–H groups in total. The topological polar surface area (TPSA) is 80.9 Å². The highest BCUT2D eigenvalue weighted by Crippen LogP contribution is 2.23. The molecule has 0 amide bonds. The number of nitrogens with zero attached hydrogens (tertiary/aromatic N) is 4. The number of carboxylic acid groups (broad SMARTS) is 1. The van der Waals surface area contributed by atoms with E-state index in [9.17, 15) is 9.90 Å². The molecule has 6 nitrogen and oxygen atoms in total. The fraction of sp³-hybridized carbons (Fsp3) is 0.364. The lowest BCUT2D eigenvalue weighted by atomic mass is 10.0. The Morgan fingerprint density at radius 1 is 1.07 bits per heavy atom. The van der Waals surface area contributed by atoms with Crippen molar-refractivity contribution in [1.82, 2.24) is 19.7 Å². The number of carbonyl (C=O) groups is 1. The van der Waals surface area contributed by atoms with Gasteiger partial charge in [-0.25, -0.2) is 14.5 Å². The molecule has 3 aromatic rings. The highest BCUT2D eigenvalue weighted by atomic mass is 16.4. The van der Waals surface area contributed by atoms with Gasteiger partial charge in [0.15, 0.2) is 5.82 Å². The molecular formula is C22H26N4O2. The average molecular weight is 378 g/mol. The molecule has 0 spiro atoms. The summed E-state index contributed by atoms with van der Waals surface area (Å²) in [6.07, 6.45) is 6.75. The largest absolute Gasteiger partial charge is 0.478 e. The summed E-state index contributed by atoms with van der Waals surface area (Å²) in [7, 11) is 0. The molecule has 28 heavy (non-hydrogen) atoms. The number of benzene rings is 1. The summed E-state index contributed by atoms with van der Waals surface area (Å²) in [6, 6.07) is 10.8. The minimum Gasteiger partial charge on any atom is -0.478 e. The van der Waals surface area contributed by atoms with Crippen molar-refractivity contribution in [2.45, 2.75) is 52.5 Å². The minimum atomic E-state index is -0.939. The zero-order chi connectivity index (χ0) is 19.9. The van der Waals surface area contributed by atoms with Gasteiger partial charge in [-0.2, -0.15) is 5.10 Å². The van der Waals surface area contributed by atoms with Gasteiger partial charge in [-0.3, -0.25) is 4.98 Å². The van der Waals surface area contributed by atoms with E-state index in [1.807, 2.05) is 22.9 Å². The van der Waals surface area contributed by atoms with Crippen LogP contribution in [0.3, 0.4) is 0 Å². The van der Waals surface area contributed by atoms with Gasteiger partial charge in [-0.1, -0.05) is 44.5 Å². The summed E-state index contributed by atoms with van der Waals surface area (Å²) in [5, 5.41) is 14.0. The van der Waals surface area contributed by atoms with Crippen LogP contribution in [0.25, 0.3) is 11.1 Å². The number of rotatable bonds is 9. The van der Waals surface area contributed by atoms with Crippen molar-refractivity contribution >= 4 is 5.97 Å². The Hall–Kier alpha value is -3.02. The van der Waals surface area contributed by atoms with Gasteiger partial charge in [0.2, 0.25) is 0 Å². The Bertz CT molecular complexity index is 932. The first-order chi connectivity index (χ1) is 13.6. The van der Waals surface area contributed by atoms with Crippen LogP contribution in [-0.2, 0) is 19.4 Å². The summed E-state index contributed by atoms with van der Waals surface area (Å²) < 4.78 is 1.95. The van der Waals surface area contributed by atoms with Crippen molar-refractivity contribution < 1.29 is 9.90 Å². The number of unbranched alkanes of at least 4 members (excludes halogenated alkanes) is 1. The second-order valence-corrected chi connectivity index (χ2v) is 6.84. The molecule has 0 unspecified atom stereocenters. The van der Waals surface area contributed by atoms with Crippen LogP contribution in [0.4, 0.5) is 0 Å². The van der Waals surface area contributed by atoms with Gasteiger partial charge in [-0.15, -0.1) is 0 Å². The number of aromatic carboxylic acids is 1. The lowest BCUT2D eigenvalue weighted by Crippen LogP contribution is -2.08. The molecule has 2 heterocycles. The van der Waals surface area contributed by atoms with Crippen molar-refractivity contribution in [2.24, 2.45) is 0 Å². The molecule has 0 aliphatic rings. The van der Waals surface area contributed by atoms with Gasteiger partial charge >= 0.3 is 5.97 Å². The van der Waals surface area contributed by atoms with Crippen molar-refractivity contribution in [3.63, 3.8) is 0 Å². The smallest absolute Gasteiger partial charge is 0.336 e. The van der Waals surface area contributed by atoms with Gasteiger partial charge in [0.05, 0.1) is 17.8 Å². The van der Waals surface area contributed by atoms with Crippen LogP contribution in [0.1, 0.15) is 60.8 Å². The molecule has 0 saturated carbocycles. The van der Waals surface area contributed by atoms with E-state index in [4.69, 9.17) is 0 Å². The lowest BCUT2D eigenvalue weighted by molar-refractivity contribution is 0.0697. The molecule has 2 aromatic heterocycles. The molecule has 1 aromatic carbocycles. The van der Waals surface area contributed by atoms with Gasteiger partial charge in [0, 0.05) is 24.6 Å². The van der Waals surface area contributed by atoms with Crippen LogP contribution in [0.5, 0.6) is 0 Å². The molecule has 0 fully saturated rings. The Balaban J connectivity index is 1.82. The van der Waals surface area contributed by atoms with Crippen LogP contribution in [0, 0.1) is 0 Å². The molecule has 0 bridgehead atoms. The molecule has 0 atom stereocenters. The van der Waals surface area contributed by atoms with Gasteiger partial charge < -0.3 is 5.11 Å². The van der Waals surface area contributed by atoms with Crippen LogP contribution in [0.15, 0.2) is 42.6 Å². The van der Waals surface area contributed by atoms with E-state index in [0.717, 1.165) is 55.0 Å². The molecule has 0 aliphatic heterocycles. The summed E-state index contributed by atoms with van der Waals surface area (Å²) in [4.78, 5) is 20.7. The SMILES string of the molecule is CCCCc1nc(CCC)nn1Cc1ccc(-c2ccccc2C(=O)O)cn1. The van der Waals surface area contributed by atoms with E-state index in [2.05, 4.69) is 28.9 Å². The number of pyridine rings is 1. The first-order valence-corrected chi connectivity index (χ1v) is 9.82. The third kappa shape index (κ3) is 4.63. The van der Waals surface area contributed by atoms with E-state index in [1.165, 1.54) is 0 Å². The third-order valence-corrected chi connectivity index (χ3v) is 4.62. The van der Waals surface area contributed by atoms with Crippen molar-refractivity contribution in [3.8, 4) is 11.1 Å². The Kier molecular flexibility index (Phi) is 6.53. The zero-order valence-electron chi connectivity index (χ0n) is 16.4. The van der Waals surface area contributed by atoms with Crippen LogP contribution in [-0.4, -0.2) is 30.8 Å². The Labute approximate surface area is 165 Å². The molecular weight excluding hydrogens is 352 g/mol. The molecule has 146 valence electrons. The first kappa shape index (κ1) is 19.7. The summed E-state index contributed by atoms with van der Waals surface area (Å²) in [5.41, 5.74) is 2.61. The van der Waals surface area contributed by atoms with Crippen molar-refractivity contribution in [2.75, 3.05) is 0 Å². The summed E-state index contributed by atoms with van der Waals surface area (Å²) in [5.74, 6) is 0.958. The molecule has 3 rings (SSSR count). The highest BCUT2D eigenvalue weighted by molar-refractivity contribution is 5.95. The Morgan fingerprint density at radius 3 is 2.57 bits per heavy atom. The molecule has 0 aliphatic carbocycles. The third-order valence-electron chi connectivity index (χ3n) is 4.62. The van der Waals surface area contributed by atoms with Crippen LogP contribution < -0.4 is 0 Å². The van der Waals surface area contributed by atoms with E-state index in [0.29, 0.717) is 12.1 Å². The first-order valence-electron chi connectivity index (χ1n) is 9.82. The fourth-order valence-corrected chi connectivity index (χ4v) is 3.15. The predicted octanol–water partition coefficient (Wildman–Crippen LogP) is 4.38. The molecule has 0 saturated heterocycles. The average Bonchev–Trinajstić information content (AvgIpc) is 3.08. The highest BCUT2D eigenvalue weighted by Gasteiger charge is 2.13. The summed E-state index contributed by atoms with van der Waals surface area (Å²) >= 11 is 0. The van der Waals surface area contributed by atoms with Crippen LogP contribution in [0.2, 0.25) is 0 Å². The normalized spacial score (nSPS) is 10.9. The van der Waals surface area contributed by atoms with Crippen molar-refractivity contribution in [1.29, 1.82) is 0 Å². The molecule has 6 heteroatoms. The summed E-state index contributed by atoms with van der Waals surface area (Å²) in [6.45, 7) is 4.86. The van der Waals surface area contributed by atoms with Gasteiger partial charge in [-0.05, 0) is 30.5 Å². The van der Waals surface area contributed by atoms with E-state index in [-0.39, 0.29) is 5.56 Å². The second-order valence-electron chi connectivity index (χ2n) is 6.84. The second kappa shape index (κ2) is 9.26. The standard InChI is InChI=1S/C22H26N4O2/c1-3-5-11-21-24-20(8-4-2)25-26(21)15-17-13-12-16(14-23-17)18-9-6-7-10-19(18)22(27)28/h6-7,9-10,12-14H,3-5,8,11,15H2,1-2H3,(H,27,28). The van der Waals surface area contributed by atoms with E-state index in [1.54, 1.807) is 24.4 Å². The van der Waals surface area contributed by atoms with E-state index >= 15 is 0 Å². The monoisotopic (exact) mass is 378 g/mol. The van der Waals surface area contributed by atoms with E-state index < -0.39 is 5.97 Å². The fourth-order valence-electron chi connectivity index (χ4n) is 3.15. The number of hydrogen-bond donors (Lipinski definition) is 1. The molecule has 0 radical (unpaired) electrons. The van der Waals surface area contributed by atoms with Gasteiger partial charge in [0.1, 0.15) is 5.82 Å². The number of carboxylic acids is 1. The van der Waals surface area contributed by atoms with Crippen molar-refractivity contribution in [3.05, 3.63) is 65.5 Å². The zero-order valence-corrected chi connectivity index (χ0v) is 16.4. The Morgan fingerprint density at radius 2 is 1.89 bits per heavy atom. The lowest BCUT2D eigenvalue weighted by Gasteiger charge is -2.08. The number of hydrogen-bond acceptors (Lipinski definition) is 4.